The molecule has 0 aliphatic carbocycles. The molecule has 1 atom stereocenters. The Morgan fingerprint density at radius 1 is 1.35 bits per heavy atom. The first-order chi connectivity index (χ1) is 9.74. The van der Waals surface area contributed by atoms with Crippen molar-refractivity contribution in [1.82, 2.24) is 15.0 Å². The Labute approximate surface area is 118 Å². The minimum Gasteiger partial charge on any atom is -0.335 e. The lowest BCUT2D eigenvalue weighted by atomic mass is 10.0. The summed E-state index contributed by atoms with van der Waals surface area (Å²) in [6, 6.07) is 6.76. The lowest BCUT2D eigenvalue weighted by molar-refractivity contribution is 0.484. The topological polar surface area (TPSA) is 55.9 Å². The Kier molecular flexibility index (Phi) is 5.26. The Balaban J connectivity index is 2.05. The molecular weight excluding hydrogens is 255 g/mol. The third-order valence-electron chi connectivity index (χ3n) is 3.36. The van der Waals surface area contributed by atoms with Gasteiger partial charge in [-0.15, -0.1) is 0 Å². The van der Waals surface area contributed by atoms with Gasteiger partial charge in [0.1, 0.15) is 11.6 Å². The molecule has 3 N–H and O–H groups in total. The van der Waals surface area contributed by atoms with Crippen LogP contribution in [0.15, 0.2) is 36.7 Å². The van der Waals surface area contributed by atoms with E-state index in [1.54, 1.807) is 18.3 Å². The summed E-state index contributed by atoms with van der Waals surface area (Å²) in [7, 11) is 0. The predicted octanol–water partition coefficient (Wildman–Crippen LogP) is 2.05. The number of nitrogens with zero attached hydrogens (tertiary/aromatic N) is 2. The summed E-state index contributed by atoms with van der Waals surface area (Å²) >= 11 is 0. The van der Waals surface area contributed by atoms with Crippen molar-refractivity contribution in [2.45, 2.75) is 38.8 Å². The Hall–Kier alpha value is -1.72. The van der Waals surface area contributed by atoms with Crippen molar-refractivity contribution in [1.29, 1.82) is 0 Å². The Morgan fingerprint density at radius 3 is 2.85 bits per heavy atom. The fourth-order valence-corrected chi connectivity index (χ4v) is 2.31. The standard InChI is InChI=1S/C15H21FN4/c1-2-8-20-9-7-18-15(20)11-13(19-17)10-12-5-3-4-6-14(12)16/h3-7,9,13,19H,2,8,10-11,17H2,1H3. The monoisotopic (exact) mass is 276 g/mol. The van der Waals surface area contributed by atoms with Gasteiger partial charge in [-0.05, 0) is 24.5 Å². The van der Waals surface area contributed by atoms with Crippen LogP contribution in [0.1, 0.15) is 24.7 Å². The molecule has 0 aliphatic rings. The summed E-state index contributed by atoms with van der Waals surface area (Å²) in [4.78, 5) is 4.36. The number of benzene rings is 1. The lowest BCUT2D eigenvalue weighted by Crippen LogP contribution is -2.39. The van der Waals surface area contributed by atoms with Crippen LogP contribution in [0.5, 0.6) is 0 Å². The van der Waals surface area contributed by atoms with Crippen LogP contribution in [0.2, 0.25) is 0 Å². The first kappa shape index (κ1) is 14.7. The SMILES string of the molecule is CCCn1ccnc1CC(Cc1ccccc1F)NN. The number of nitrogens with two attached hydrogens (primary N) is 1. The summed E-state index contributed by atoms with van der Waals surface area (Å²) < 4.78 is 15.8. The molecule has 0 spiro atoms. The van der Waals surface area contributed by atoms with Crippen molar-refractivity contribution in [2.75, 3.05) is 0 Å². The van der Waals surface area contributed by atoms with E-state index in [9.17, 15) is 4.39 Å². The molecule has 1 unspecified atom stereocenters. The molecule has 0 saturated carbocycles. The highest BCUT2D eigenvalue weighted by Gasteiger charge is 2.14. The molecule has 0 bridgehead atoms. The highest BCUT2D eigenvalue weighted by atomic mass is 19.1. The third kappa shape index (κ3) is 3.65. The van der Waals surface area contributed by atoms with E-state index in [2.05, 4.69) is 21.9 Å². The number of aryl methyl sites for hydroxylation is 1. The average Bonchev–Trinajstić information content (AvgIpc) is 2.88. The largest absolute Gasteiger partial charge is 0.335 e. The van der Waals surface area contributed by atoms with Gasteiger partial charge in [0.05, 0.1) is 0 Å². The fourth-order valence-electron chi connectivity index (χ4n) is 2.31. The van der Waals surface area contributed by atoms with E-state index in [-0.39, 0.29) is 11.9 Å². The van der Waals surface area contributed by atoms with E-state index >= 15 is 0 Å². The molecule has 1 heterocycles. The van der Waals surface area contributed by atoms with Crippen molar-refractivity contribution in [3.05, 3.63) is 53.9 Å². The van der Waals surface area contributed by atoms with Gasteiger partial charge in [-0.2, -0.15) is 0 Å². The number of nitrogens with one attached hydrogen (secondary N) is 1. The Bertz CT molecular complexity index is 538. The summed E-state index contributed by atoms with van der Waals surface area (Å²) in [6.07, 6.45) is 6.04. The minimum atomic E-state index is -0.190. The molecule has 1 aromatic heterocycles. The van der Waals surface area contributed by atoms with Gasteiger partial charge in [0.15, 0.2) is 0 Å². The van der Waals surface area contributed by atoms with E-state index in [1.807, 2.05) is 12.3 Å². The highest BCUT2D eigenvalue weighted by molar-refractivity contribution is 5.18. The molecule has 2 aromatic rings. The van der Waals surface area contributed by atoms with Crippen LogP contribution in [0.4, 0.5) is 4.39 Å². The number of hydrogen-bond donors (Lipinski definition) is 2. The van der Waals surface area contributed by atoms with E-state index in [0.717, 1.165) is 18.8 Å². The van der Waals surface area contributed by atoms with E-state index in [0.29, 0.717) is 18.4 Å². The molecule has 2 rings (SSSR count). The first-order valence-corrected chi connectivity index (χ1v) is 6.94. The van der Waals surface area contributed by atoms with Gasteiger partial charge in [-0.1, -0.05) is 25.1 Å². The molecule has 4 nitrogen and oxygen atoms in total. The van der Waals surface area contributed by atoms with Crippen molar-refractivity contribution in [2.24, 2.45) is 5.84 Å². The van der Waals surface area contributed by atoms with Gasteiger partial charge in [-0.3, -0.25) is 11.3 Å². The van der Waals surface area contributed by atoms with Crippen LogP contribution in [0, 0.1) is 5.82 Å². The van der Waals surface area contributed by atoms with Gasteiger partial charge >= 0.3 is 0 Å². The van der Waals surface area contributed by atoms with Crippen LogP contribution in [-0.4, -0.2) is 15.6 Å². The highest BCUT2D eigenvalue weighted by Crippen LogP contribution is 2.12. The zero-order valence-electron chi connectivity index (χ0n) is 11.7. The Morgan fingerprint density at radius 2 is 2.15 bits per heavy atom. The van der Waals surface area contributed by atoms with Gasteiger partial charge in [0.25, 0.3) is 0 Å². The molecule has 0 fully saturated rings. The summed E-state index contributed by atoms with van der Waals surface area (Å²) in [6.45, 7) is 3.06. The normalized spacial score (nSPS) is 12.6. The number of hydrogen-bond acceptors (Lipinski definition) is 3. The van der Waals surface area contributed by atoms with Crippen molar-refractivity contribution in [3.8, 4) is 0 Å². The van der Waals surface area contributed by atoms with E-state index in [4.69, 9.17) is 5.84 Å². The van der Waals surface area contributed by atoms with E-state index in [1.165, 1.54) is 6.07 Å². The number of halogens is 1. The molecule has 0 radical (unpaired) electrons. The lowest BCUT2D eigenvalue weighted by Gasteiger charge is -2.17. The maximum Gasteiger partial charge on any atom is 0.126 e. The van der Waals surface area contributed by atoms with Crippen molar-refractivity contribution < 1.29 is 4.39 Å². The smallest absolute Gasteiger partial charge is 0.126 e. The molecule has 0 aliphatic heterocycles. The number of imidazole rings is 1. The molecule has 1 aromatic carbocycles. The van der Waals surface area contributed by atoms with Crippen LogP contribution in [0.25, 0.3) is 0 Å². The minimum absolute atomic E-state index is 0.0371. The zero-order valence-corrected chi connectivity index (χ0v) is 11.7. The number of rotatable bonds is 7. The van der Waals surface area contributed by atoms with Crippen LogP contribution >= 0.6 is 0 Å². The molecule has 108 valence electrons. The van der Waals surface area contributed by atoms with E-state index < -0.39 is 0 Å². The third-order valence-corrected chi connectivity index (χ3v) is 3.36. The molecule has 0 saturated heterocycles. The second kappa shape index (κ2) is 7.17. The van der Waals surface area contributed by atoms with Crippen molar-refractivity contribution >= 4 is 0 Å². The maximum atomic E-state index is 13.7. The van der Waals surface area contributed by atoms with Crippen LogP contribution in [0.3, 0.4) is 0 Å². The predicted molar refractivity (Wildman–Crippen MR) is 77.4 cm³/mol. The second-order valence-electron chi connectivity index (χ2n) is 4.90. The number of hydrazine groups is 1. The fraction of sp³-hybridized carbons (Fsp3) is 0.400. The second-order valence-corrected chi connectivity index (χ2v) is 4.90. The van der Waals surface area contributed by atoms with Gasteiger partial charge < -0.3 is 4.57 Å². The van der Waals surface area contributed by atoms with Gasteiger partial charge in [0, 0.05) is 31.4 Å². The van der Waals surface area contributed by atoms with Gasteiger partial charge in [0.2, 0.25) is 0 Å². The van der Waals surface area contributed by atoms with Gasteiger partial charge in [-0.25, -0.2) is 9.37 Å². The molecule has 5 heteroatoms. The summed E-state index contributed by atoms with van der Waals surface area (Å²) in [5.74, 6) is 6.39. The molecule has 20 heavy (non-hydrogen) atoms. The average molecular weight is 276 g/mol. The maximum absolute atomic E-state index is 13.7. The summed E-state index contributed by atoms with van der Waals surface area (Å²) in [5, 5.41) is 0. The van der Waals surface area contributed by atoms with Crippen molar-refractivity contribution in [3.63, 3.8) is 0 Å². The first-order valence-electron chi connectivity index (χ1n) is 6.94. The number of aromatic nitrogens is 2. The summed E-state index contributed by atoms with van der Waals surface area (Å²) in [5.41, 5.74) is 3.44. The zero-order chi connectivity index (χ0) is 14.4. The molecule has 0 amide bonds. The quantitative estimate of drug-likeness (QED) is 0.601. The van der Waals surface area contributed by atoms with Crippen LogP contribution < -0.4 is 11.3 Å². The van der Waals surface area contributed by atoms with Crippen LogP contribution in [-0.2, 0) is 19.4 Å². The molecular formula is C15H21FN4.